The predicted octanol–water partition coefficient (Wildman–Crippen LogP) is 4.69. The molecular weight excluding hydrogens is 339 g/mol. The van der Waals surface area contributed by atoms with E-state index in [1.165, 1.54) is 17.7 Å². The smallest absolute Gasteiger partial charge is 0.224 e. The zero-order valence-corrected chi connectivity index (χ0v) is 15.8. The Bertz CT molecular complexity index is 834. The number of hydrogen-bond acceptors (Lipinski definition) is 4. The molecule has 0 atom stereocenters. The van der Waals surface area contributed by atoms with Crippen LogP contribution in [0.3, 0.4) is 0 Å². The molecule has 3 aromatic rings. The van der Waals surface area contributed by atoms with Crippen LogP contribution < -0.4 is 10.2 Å². The molecule has 2 aromatic carbocycles. The molecule has 0 bridgehead atoms. The summed E-state index contributed by atoms with van der Waals surface area (Å²) in [5.74, 6) is 1.29. The van der Waals surface area contributed by atoms with Crippen molar-refractivity contribution < 1.29 is 4.39 Å². The standard InChI is InChI=1S/C22H25FN4/c1-17(2)27(16-19-6-4-3-5-7-19)21-13-15-25-22(26-21)24-14-12-18-8-10-20(23)11-9-18/h3-11,13,15,17H,12,14,16H2,1-2H3,(H,24,25,26). The van der Waals surface area contributed by atoms with E-state index in [4.69, 9.17) is 0 Å². The Morgan fingerprint density at radius 2 is 1.70 bits per heavy atom. The van der Waals surface area contributed by atoms with Gasteiger partial charge in [-0.1, -0.05) is 42.5 Å². The van der Waals surface area contributed by atoms with Gasteiger partial charge < -0.3 is 10.2 Å². The summed E-state index contributed by atoms with van der Waals surface area (Å²) < 4.78 is 13.0. The van der Waals surface area contributed by atoms with Gasteiger partial charge in [-0.25, -0.2) is 9.37 Å². The number of rotatable bonds is 8. The number of anilines is 2. The fraction of sp³-hybridized carbons (Fsp3) is 0.273. The first kappa shape index (κ1) is 18.8. The minimum atomic E-state index is -0.213. The SMILES string of the molecule is CC(C)N(Cc1ccccc1)c1ccnc(NCCc2ccc(F)cc2)n1. The van der Waals surface area contributed by atoms with E-state index in [0.717, 1.165) is 24.3 Å². The van der Waals surface area contributed by atoms with E-state index in [0.29, 0.717) is 18.5 Å². The minimum absolute atomic E-state index is 0.213. The Kier molecular flexibility index (Phi) is 6.36. The fourth-order valence-corrected chi connectivity index (χ4v) is 2.87. The average molecular weight is 364 g/mol. The highest BCUT2D eigenvalue weighted by molar-refractivity contribution is 5.44. The van der Waals surface area contributed by atoms with Gasteiger partial charge in [-0.15, -0.1) is 0 Å². The summed E-state index contributed by atoms with van der Waals surface area (Å²) in [6.45, 7) is 5.80. The Morgan fingerprint density at radius 1 is 0.963 bits per heavy atom. The van der Waals surface area contributed by atoms with Crippen LogP contribution >= 0.6 is 0 Å². The Labute approximate surface area is 160 Å². The van der Waals surface area contributed by atoms with E-state index >= 15 is 0 Å². The van der Waals surface area contributed by atoms with Gasteiger partial charge in [-0.05, 0) is 49.6 Å². The second-order valence-corrected chi connectivity index (χ2v) is 6.75. The van der Waals surface area contributed by atoms with Crippen LogP contribution in [0.5, 0.6) is 0 Å². The number of hydrogen-bond donors (Lipinski definition) is 1. The highest BCUT2D eigenvalue weighted by Gasteiger charge is 2.13. The van der Waals surface area contributed by atoms with Gasteiger partial charge >= 0.3 is 0 Å². The average Bonchev–Trinajstić information content (AvgIpc) is 2.68. The number of aromatic nitrogens is 2. The van der Waals surface area contributed by atoms with Gasteiger partial charge in [0.2, 0.25) is 5.95 Å². The third-order valence-corrected chi connectivity index (χ3v) is 4.36. The van der Waals surface area contributed by atoms with Crippen molar-refractivity contribution in [3.05, 3.63) is 83.8 Å². The van der Waals surface area contributed by atoms with E-state index in [9.17, 15) is 4.39 Å². The van der Waals surface area contributed by atoms with E-state index in [1.807, 2.05) is 12.1 Å². The van der Waals surface area contributed by atoms with Gasteiger partial charge in [0.15, 0.2) is 0 Å². The topological polar surface area (TPSA) is 41.1 Å². The molecular formula is C22H25FN4. The monoisotopic (exact) mass is 364 g/mol. The molecule has 140 valence electrons. The molecule has 0 amide bonds. The molecule has 0 aliphatic carbocycles. The minimum Gasteiger partial charge on any atom is -0.354 e. The summed E-state index contributed by atoms with van der Waals surface area (Å²) in [7, 11) is 0. The Morgan fingerprint density at radius 3 is 2.41 bits per heavy atom. The molecule has 1 aromatic heterocycles. The number of nitrogens with zero attached hydrogens (tertiary/aromatic N) is 3. The lowest BCUT2D eigenvalue weighted by atomic mass is 10.1. The van der Waals surface area contributed by atoms with Crippen LogP contribution in [0.15, 0.2) is 66.9 Å². The van der Waals surface area contributed by atoms with E-state index in [-0.39, 0.29) is 5.82 Å². The van der Waals surface area contributed by atoms with Gasteiger partial charge in [-0.3, -0.25) is 0 Å². The summed E-state index contributed by atoms with van der Waals surface area (Å²) in [6.07, 6.45) is 2.56. The molecule has 0 aliphatic rings. The summed E-state index contributed by atoms with van der Waals surface area (Å²) >= 11 is 0. The lowest BCUT2D eigenvalue weighted by molar-refractivity contribution is 0.627. The fourth-order valence-electron chi connectivity index (χ4n) is 2.87. The summed E-state index contributed by atoms with van der Waals surface area (Å²) in [5.41, 5.74) is 2.32. The molecule has 0 saturated carbocycles. The maximum atomic E-state index is 13.0. The van der Waals surface area contributed by atoms with Crippen LogP contribution in [0.25, 0.3) is 0 Å². The molecule has 0 spiro atoms. The van der Waals surface area contributed by atoms with Crippen LogP contribution in [0, 0.1) is 5.82 Å². The van der Waals surface area contributed by atoms with Crippen molar-refractivity contribution in [2.45, 2.75) is 32.9 Å². The van der Waals surface area contributed by atoms with Crippen molar-refractivity contribution in [1.82, 2.24) is 9.97 Å². The Balaban J connectivity index is 1.64. The molecule has 0 unspecified atom stereocenters. The molecule has 0 aliphatic heterocycles. The first-order chi connectivity index (χ1) is 13.1. The largest absolute Gasteiger partial charge is 0.354 e. The molecule has 3 rings (SSSR count). The third kappa shape index (κ3) is 5.51. The zero-order valence-electron chi connectivity index (χ0n) is 15.8. The number of halogens is 1. The quantitative estimate of drug-likeness (QED) is 0.630. The van der Waals surface area contributed by atoms with Gasteiger partial charge in [0.1, 0.15) is 11.6 Å². The summed E-state index contributed by atoms with van der Waals surface area (Å²) in [6, 6.07) is 19.2. The van der Waals surface area contributed by atoms with Crippen molar-refractivity contribution in [3.63, 3.8) is 0 Å². The molecule has 0 radical (unpaired) electrons. The van der Waals surface area contributed by atoms with Crippen LogP contribution in [-0.2, 0) is 13.0 Å². The summed E-state index contributed by atoms with van der Waals surface area (Å²) in [5, 5.41) is 3.26. The lowest BCUT2D eigenvalue weighted by Crippen LogP contribution is -2.31. The zero-order chi connectivity index (χ0) is 19.1. The van der Waals surface area contributed by atoms with Crippen molar-refractivity contribution >= 4 is 11.8 Å². The maximum Gasteiger partial charge on any atom is 0.224 e. The van der Waals surface area contributed by atoms with Gasteiger partial charge in [0, 0.05) is 25.3 Å². The van der Waals surface area contributed by atoms with Crippen LogP contribution in [-0.4, -0.2) is 22.6 Å². The van der Waals surface area contributed by atoms with Crippen LogP contribution in [0.1, 0.15) is 25.0 Å². The van der Waals surface area contributed by atoms with Gasteiger partial charge in [0.25, 0.3) is 0 Å². The number of nitrogens with one attached hydrogen (secondary N) is 1. The Hall–Kier alpha value is -2.95. The number of benzene rings is 2. The first-order valence-corrected chi connectivity index (χ1v) is 9.24. The molecule has 4 nitrogen and oxygen atoms in total. The second-order valence-electron chi connectivity index (χ2n) is 6.75. The van der Waals surface area contributed by atoms with Crippen LogP contribution in [0.4, 0.5) is 16.2 Å². The molecule has 0 saturated heterocycles. The highest BCUT2D eigenvalue weighted by atomic mass is 19.1. The van der Waals surface area contributed by atoms with Crippen molar-refractivity contribution in [2.24, 2.45) is 0 Å². The van der Waals surface area contributed by atoms with Crippen molar-refractivity contribution in [3.8, 4) is 0 Å². The predicted molar refractivity (Wildman–Crippen MR) is 108 cm³/mol. The van der Waals surface area contributed by atoms with Gasteiger partial charge in [0.05, 0.1) is 0 Å². The molecule has 1 heterocycles. The summed E-state index contributed by atoms with van der Waals surface area (Å²) in [4.78, 5) is 11.3. The molecule has 0 fully saturated rings. The second kappa shape index (κ2) is 9.12. The van der Waals surface area contributed by atoms with Crippen molar-refractivity contribution in [2.75, 3.05) is 16.8 Å². The van der Waals surface area contributed by atoms with E-state index < -0.39 is 0 Å². The van der Waals surface area contributed by atoms with E-state index in [1.54, 1.807) is 18.3 Å². The highest BCUT2D eigenvalue weighted by Crippen LogP contribution is 2.18. The normalized spacial score (nSPS) is 10.8. The maximum absolute atomic E-state index is 13.0. The van der Waals surface area contributed by atoms with E-state index in [2.05, 4.69) is 58.3 Å². The third-order valence-electron chi connectivity index (χ3n) is 4.36. The van der Waals surface area contributed by atoms with Gasteiger partial charge in [-0.2, -0.15) is 4.98 Å². The lowest BCUT2D eigenvalue weighted by Gasteiger charge is -2.28. The van der Waals surface area contributed by atoms with Crippen molar-refractivity contribution in [1.29, 1.82) is 0 Å². The first-order valence-electron chi connectivity index (χ1n) is 9.24. The molecule has 5 heteroatoms. The molecule has 1 N–H and O–H groups in total. The van der Waals surface area contributed by atoms with Crippen LogP contribution in [0.2, 0.25) is 0 Å². The molecule has 27 heavy (non-hydrogen) atoms.